The number of nitrogens with two attached hydrogens (primary N) is 1. The number of carbonyl (C=O) groups is 1. The van der Waals surface area contributed by atoms with Gasteiger partial charge in [-0.2, -0.15) is 0 Å². The second kappa shape index (κ2) is 5.57. The minimum atomic E-state index is -0.558. The molecule has 1 atom stereocenters. The average Bonchev–Trinajstić information content (AvgIpc) is 3.15. The third-order valence-electron chi connectivity index (χ3n) is 4.03. The average molecular weight is 253 g/mol. The largest absolute Gasteiger partial charge is 0.368 e. The van der Waals surface area contributed by atoms with Crippen molar-refractivity contribution in [1.29, 1.82) is 0 Å². The molecule has 0 aliphatic heterocycles. The molecule has 2 aliphatic carbocycles. The molecule has 0 bridgehead atoms. The van der Waals surface area contributed by atoms with E-state index in [4.69, 9.17) is 5.73 Å². The van der Waals surface area contributed by atoms with Crippen molar-refractivity contribution in [1.82, 2.24) is 10.2 Å². The molecule has 0 heterocycles. The lowest BCUT2D eigenvalue weighted by Crippen LogP contribution is -2.60. The maximum atomic E-state index is 11.8. The Balaban J connectivity index is 1.93. The van der Waals surface area contributed by atoms with E-state index in [9.17, 15) is 4.79 Å². The molecule has 3 N–H and O–H groups in total. The highest BCUT2D eigenvalue weighted by Crippen LogP contribution is 2.30. The van der Waals surface area contributed by atoms with Crippen LogP contribution in [0.25, 0.3) is 0 Å². The summed E-state index contributed by atoms with van der Waals surface area (Å²) in [5, 5.41) is 3.44. The van der Waals surface area contributed by atoms with Crippen LogP contribution in [-0.4, -0.2) is 41.5 Å². The molecule has 0 aromatic heterocycles. The van der Waals surface area contributed by atoms with Crippen molar-refractivity contribution >= 4 is 5.91 Å². The van der Waals surface area contributed by atoms with Crippen LogP contribution in [0.1, 0.15) is 52.4 Å². The lowest BCUT2D eigenvalue weighted by Gasteiger charge is -2.34. The molecule has 4 heteroatoms. The van der Waals surface area contributed by atoms with Crippen LogP contribution in [0.4, 0.5) is 0 Å². The normalized spacial score (nSPS) is 23.1. The first kappa shape index (κ1) is 13.8. The smallest absolute Gasteiger partial charge is 0.238 e. The second-order valence-electron chi connectivity index (χ2n) is 6.17. The fourth-order valence-corrected chi connectivity index (χ4v) is 2.47. The number of unbranched alkanes of at least 4 members (excludes halogenated alkanes) is 1. The van der Waals surface area contributed by atoms with E-state index in [1.165, 1.54) is 38.5 Å². The van der Waals surface area contributed by atoms with Gasteiger partial charge in [0.1, 0.15) is 5.54 Å². The monoisotopic (exact) mass is 253 g/mol. The molecular formula is C14H27N3O. The molecule has 1 amide bonds. The van der Waals surface area contributed by atoms with Crippen LogP contribution in [0.3, 0.4) is 0 Å². The molecule has 0 aromatic rings. The van der Waals surface area contributed by atoms with Crippen LogP contribution >= 0.6 is 0 Å². The van der Waals surface area contributed by atoms with Gasteiger partial charge in [-0.25, -0.2) is 0 Å². The number of nitrogens with zero attached hydrogens (tertiary/aromatic N) is 1. The molecular weight excluding hydrogens is 226 g/mol. The standard InChI is InChI=1S/C14H27N3O/c1-3-4-9-17(12-7-8-12)10-14(2,13(15)18)16-11-5-6-11/h11-12,16H,3-10H2,1-2H3,(H2,15,18). The van der Waals surface area contributed by atoms with Crippen LogP contribution in [0.2, 0.25) is 0 Å². The number of amides is 1. The number of hydrogen-bond acceptors (Lipinski definition) is 3. The van der Waals surface area contributed by atoms with Crippen LogP contribution < -0.4 is 11.1 Å². The van der Waals surface area contributed by atoms with Crippen LogP contribution in [0.15, 0.2) is 0 Å². The summed E-state index contributed by atoms with van der Waals surface area (Å²) >= 11 is 0. The van der Waals surface area contributed by atoms with E-state index >= 15 is 0 Å². The van der Waals surface area contributed by atoms with Gasteiger partial charge in [-0.05, 0) is 45.6 Å². The zero-order valence-corrected chi connectivity index (χ0v) is 11.7. The number of rotatable bonds is 9. The summed E-state index contributed by atoms with van der Waals surface area (Å²) in [6.07, 6.45) is 7.33. The first-order valence-corrected chi connectivity index (χ1v) is 7.37. The zero-order valence-electron chi connectivity index (χ0n) is 11.7. The molecule has 2 rings (SSSR count). The van der Waals surface area contributed by atoms with Crippen LogP contribution in [0, 0.1) is 0 Å². The highest BCUT2D eigenvalue weighted by Gasteiger charge is 2.41. The minimum absolute atomic E-state index is 0.212. The third kappa shape index (κ3) is 3.69. The summed E-state index contributed by atoms with van der Waals surface area (Å²) in [5.41, 5.74) is 5.06. The van der Waals surface area contributed by atoms with E-state index in [2.05, 4.69) is 17.1 Å². The van der Waals surface area contributed by atoms with E-state index in [1.807, 2.05) is 6.92 Å². The van der Waals surface area contributed by atoms with E-state index < -0.39 is 5.54 Å². The summed E-state index contributed by atoms with van der Waals surface area (Å²) in [6, 6.07) is 1.20. The maximum Gasteiger partial charge on any atom is 0.238 e. The lowest BCUT2D eigenvalue weighted by atomic mass is 10.00. The van der Waals surface area contributed by atoms with Gasteiger partial charge < -0.3 is 5.73 Å². The number of nitrogens with one attached hydrogen (secondary N) is 1. The maximum absolute atomic E-state index is 11.8. The van der Waals surface area contributed by atoms with Crippen molar-refractivity contribution in [3.05, 3.63) is 0 Å². The molecule has 2 saturated carbocycles. The Kier molecular flexibility index (Phi) is 4.28. The Morgan fingerprint density at radius 2 is 2.06 bits per heavy atom. The first-order chi connectivity index (χ1) is 8.55. The predicted molar refractivity (Wildman–Crippen MR) is 73.3 cm³/mol. The van der Waals surface area contributed by atoms with E-state index in [0.717, 1.165) is 13.1 Å². The predicted octanol–water partition coefficient (Wildman–Crippen LogP) is 1.25. The molecule has 0 spiro atoms. The van der Waals surface area contributed by atoms with Gasteiger partial charge in [0, 0.05) is 18.6 Å². The summed E-state index contributed by atoms with van der Waals surface area (Å²) < 4.78 is 0. The minimum Gasteiger partial charge on any atom is -0.368 e. The van der Waals surface area contributed by atoms with E-state index in [1.54, 1.807) is 0 Å². The molecule has 0 radical (unpaired) electrons. The molecule has 4 nitrogen and oxygen atoms in total. The highest BCUT2D eigenvalue weighted by atomic mass is 16.1. The van der Waals surface area contributed by atoms with Gasteiger partial charge in [0.15, 0.2) is 0 Å². The van der Waals surface area contributed by atoms with Crippen molar-refractivity contribution < 1.29 is 4.79 Å². The molecule has 2 fully saturated rings. The van der Waals surface area contributed by atoms with Crippen LogP contribution in [0.5, 0.6) is 0 Å². The van der Waals surface area contributed by atoms with Crippen molar-refractivity contribution in [2.24, 2.45) is 5.73 Å². The summed E-state index contributed by atoms with van der Waals surface area (Å²) in [4.78, 5) is 14.2. The number of carbonyl (C=O) groups excluding carboxylic acids is 1. The SMILES string of the molecule is CCCCN(CC(C)(NC1CC1)C(N)=O)C1CC1. The Morgan fingerprint density at radius 3 is 2.50 bits per heavy atom. The molecule has 2 aliphatic rings. The van der Waals surface area contributed by atoms with Gasteiger partial charge in [0.25, 0.3) is 0 Å². The fourth-order valence-electron chi connectivity index (χ4n) is 2.47. The van der Waals surface area contributed by atoms with Crippen molar-refractivity contribution in [2.45, 2.75) is 70.0 Å². The van der Waals surface area contributed by atoms with Crippen molar-refractivity contribution in [3.63, 3.8) is 0 Å². The Hall–Kier alpha value is -0.610. The first-order valence-electron chi connectivity index (χ1n) is 7.37. The van der Waals surface area contributed by atoms with Gasteiger partial charge >= 0.3 is 0 Å². The second-order valence-corrected chi connectivity index (χ2v) is 6.17. The van der Waals surface area contributed by atoms with Gasteiger partial charge in [-0.1, -0.05) is 13.3 Å². The Morgan fingerprint density at radius 1 is 1.39 bits per heavy atom. The highest BCUT2D eigenvalue weighted by molar-refractivity contribution is 5.84. The van der Waals surface area contributed by atoms with Crippen molar-refractivity contribution in [3.8, 4) is 0 Å². The number of primary amides is 1. The summed E-state index contributed by atoms with van der Waals surface area (Å²) in [6.45, 7) is 6.04. The quantitative estimate of drug-likeness (QED) is 0.650. The van der Waals surface area contributed by atoms with Crippen molar-refractivity contribution in [2.75, 3.05) is 13.1 Å². The Labute approximate surface area is 110 Å². The molecule has 104 valence electrons. The van der Waals surface area contributed by atoms with Gasteiger partial charge in [-0.3, -0.25) is 15.0 Å². The third-order valence-corrected chi connectivity index (χ3v) is 4.03. The summed E-state index contributed by atoms with van der Waals surface area (Å²) in [5.74, 6) is -0.212. The van der Waals surface area contributed by atoms with Gasteiger partial charge in [0.2, 0.25) is 5.91 Å². The molecule has 1 unspecified atom stereocenters. The van der Waals surface area contributed by atoms with E-state index in [-0.39, 0.29) is 5.91 Å². The van der Waals surface area contributed by atoms with Gasteiger partial charge in [0.05, 0.1) is 0 Å². The summed E-state index contributed by atoms with van der Waals surface area (Å²) in [7, 11) is 0. The topological polar surface area (TPSA) is 58.4 Å². The Bertz CT molecular complexity index is 299. The van der Waals surface area contributed by atoms with Crippen LogP contribution in [-0.2, 0) is 4.79 Å². The van der Waals surface area contributed by atoms with Gasteiger partial charge in [-0.15, -0.1) is 0 Å². The zero-order chi connectivity index (χ0) is 13.2. The lowest BCUT2D eigenvalue weighted by molar-refractivity contribution is -0.124. The molecule has 18 heavy (non-hydrogen) atoms. The fraction of sp³-hybridized carbons (Fsp3) is 0.929. The van der Waals surface area contributed by atoms with E-state index in [0.29, 0.717) is 12.1 Å². The number of hydrogen-bond donors (Lipinski definition) is 2. The molecule has 0 saturated heterocycles. The molecule has 0 aromatic carbocycles.